The van der Waals surface area contributed by atoms with Crippen molar-refractivity contribution in [1.29, 1.82) is 0 Å². The van der Waals surface area contributed by atoms with Crippen molar-refractivity contribution in [2.24, 2.45) is 5.92 Å². The normalized spacial score (nSPS) is 12.9. The quantitative estimate of drug-likeness (QED) is 0.756. The van der Waals surface area contributed by atoms with Crippen LogP contribution in [0.25, 0.3) is 0 Å². The first-order valence-corrected chi connectivity index (χ1v) is 8.92. The minimum atomic E-state index is -3.99. The molecule has 1 aromatic carbocycles. The molecule has 0 fully saturated rings. The van der Waals surface area contributed by atoms with Crippen LogP contribution in [0.3, 0.4) is 0 Å². The number of carbonyl (C=O) groups is 1. The molecule has 130 valence electrons. The van der Waals surface area contributed by atoms with Crippen molar-refractivity contribution >= 4 is 16.1 Å². The van der Waals surface area contributed by atoms with Crippen LogP contribution in [0, 0.1) is 11.7 Å². The van der Waals surface area contributed by atoms with E-state index in [4.69, 9.17) is 4.74 Å². The van der Waals surface area contributed by atoms with E-state index in [1.807, 2.05) is 13.8 Å². The molecule has 1 atom stereocenters. The number of hydrogen-bond acceptors (Lipinski definition) is 4. The van der Waals surface area contributed by atoms with E-state index in [0.717, 1.165) is 6.07 Å². The molecule has 8 heteroatoms. The summed E-state index contributed by atoms with van der Waals surface area (Å²) in [5, 5.41) is 2.61. The van der Waals surface area contributed by atoms with Gasteiger partial charge in [-0.3, -0.25) is 0 Å². The number of hydrogen-bond donors (Lipinski definition) is 2. The van der Waals surface area contributed by atoms with Crippen LogP contribution in [0.1, 0.15) is 27.2 Å². The predicted molar refractivity (Wildman–Crippen MR) is 85.0 cm³/mol. The lowest BCUT2D eigenvalue weighted by Gasteiger charge is -2.20. The van der Waals surface area contributed by atoms with E-state index in [9.17, 15) is 17.6 Å². The summed E-state index contributed by atoms with van der Waals surface area (Å²) in [5.41, 5.74) is 0. The van der Waals surface area contributed by atoms with Crippen LogP contribution in [-0.4, -0.2) is 33.7 Å². The van der Waals surface area contributed by atoms with Gasteiger partial charge in [0.25, 0.3) is 0 Å². The van der Waals surface area contributed by atoms with E-state index in [2.05, 4.69) is 10.0 Å². The van der Waals surface area contributed by atoms with Gasteiger partial charge in [0.2, 0.25) is 10.0 Å². The first-order chi connectivity index (χ1) is 10.8. The van der Waals surface area contributed by atoms with Gasteiger partial charge in [0.05, 0.1) is 6.61 Å². The molecule has 1 amide bonds. The third-order valence-electron chi connectivity index (χ3n) is 3.00. The highest BCUT2D eigenvalue weighted by Crippen LogP contribution is 2.13. The molecule has 0 unspecified atom stereocenters. The molecule has 1 aromatic rings. The van der Waals surface area contributed by atoms with Gasteiger partial charge in [0.1, 0.15) is 10.7 Å². The third-order valence-corrected chi connectivity index (χ3v) is 4.46. The van der Waals surface area contributed by atoms with Crippen molar-refractivity contribution in [3.05, 3.63) is 30.1 Å². The summed E-state index contributed by atoms with van der Waals surface area (Å²) < 4.78 is 45.1. The molecule has 0 heterocycles. The monoisotopic (exact) mass is 346 g/mol. The highest BCUT2D eigenvalue weighted by atomic mass is 32.2. The first kappa shape index (κ1) is 19.4. The Hall–Kier alpha value is -1.67. The number of amides is 1. The fourth-order valence-corrected chi connectivity index (χ4v) is 3.21. The second-order valence-electron chi connectivity index (χ2n) is 5.47. The summed E-state index contributed by atoms with van der Waals surface area (Å²) in [6, 6.07) is 4.68. The molecule has 0 bridgehead atoms. The fraction of sp³-hybridized carbons (Fsp3) is 0.533. The Bertz CT molecular complexity index is 620. The van der Waals surface area contributed by atoms with E-state index in [0.29, 0.717) is 6.42 Å². The average molecular weight is 346 g/mol. The maximum atomic E-state index is 13.6. The zero-order valence-electron chi connectivity index (χ0n) is 13.5. The summed E-state index contributed by atoms with van der Waals surface area (Å²) in [6.07, 6.45) is -0.0539. The van der Waals surface area contributed by atoms with Crippen LogP contribution in [0.4, 0.5) is 9.18 Å². The van der Waals surface area contributed by atoms with Gasteiger partial charge in [0.15, 0.2) is 0 Å². The Labute approximate surface area is 136 Å². The molecule has 0 aliphatic heterocycles. The number of alkyl carbamates (subject to hydrolysis) is 1. The Morgan fingerprint density at radius 3 is 2.52 bits per heavy atom. The zero-order valence-corrected chi connectivity index (χ0v) is 14.3. The summed E-state index contributed by atoms with van der Waals surface area (Å²) in [4.78, 5) is 11.1. The number of sulfonamides is 1. The molecule has 0 saturated carbocycles. The first-order valence-electron chi connectivity index (χ1n) is 7.43. The molecule has 0 spiro atoms. The summed E-state index contributed by atoms with van der Waals surface area (Å²) in [5.74, 6) is -0.585. The lowest BCUT2D eigenvalue weighted by atomic mass is 10.0. The molecule has 1 rings (SSSR count). The summed E-state index contributed by atoms with van der Waals surface area (Å²) >= 11 is 0. The molecule has 0 aliphatic carbocycles. The van der Waals surface area contributed by atoms with Gasteiger partial charge in [-0.05, 0) is 31.4 Å². The number of carbonyl (C=O) groups excluding carboxylic acids is 1. The van der Waals surface area contributed by atoms with Crippen molar-refractivity contribution in [3.63, 3.8) is 0 Å². The van der Waals surface area contributed by atoms with Gasteiger partial charge in [-0.15, -0.1) is 0 Å². The lowest BCUT2D eigenvalue weighted by Crippen LogP contribution is -2.44. The lowest BCUT2D eigenvalue weighted by molar-refractivity contribution is 0.146. The van der Waals surface area contributed by atoms with Crippen LogP contribution in [-0.2, 0) is 14.8 Å². The number of benzene rings is 1. The number of ether oxygens (including phenoxy) is 1. The van der Waals surface area contributed by atoms with E-state index in [1.54, 1.807) is 6.92 Å². The molecular formula is C15H23FN2O4S. The summed E-state index contributed by atoms with van der Waals surface area (Å²) in [7, 11) is -3.99. The van der Waals surface area contributed by atoms with Crippen molar-refractivity contribution in [1.82, 2.24) is 10.0 Å². The molecule has 6 nitrogen and oxygen atoms in total. The predicted octanol–water partition coefficient (Wildman–Crippen LogP) is 2.26. The average Bonchev–Trinajstić information content (AvgIpc) is 2.45. The second-order valence-corrected chi connectivity index (χ2v) is 7.21. The van der Waals surface area contributed by atoms with Crippen LogP contribution < -0.4 is 10.0 Å². The molecule has 0 saturated heterocycles. The molecule has 0 radical (unpaired) electrons. The second kappa shape index (κ2) is 8.83. The SMILES string of the molecule is CCOC(=O)N[C@H](CNS(=O)(=O)c1ccccc1F)CC(C)C. The molecule has 2 N–H and O–H groups in total. The minimum Gasteiger partial charge on any atom is -0.450 e. The Balaban J connectivity index is 2.76. The molecule has 0 aromatic heterocycles. The van der Waals surface area contributed by atoms with Crippen molar-refractivity contribution in [2.45, 2.75) is 38.1 Å². The van der Waals surface area contributed by atoms with Gasteiger partial charge < -0.3 is 10.1 Å². The van der Waals surface area contributed by atoms with Crippen LogP contribution in [0.5, 0.6) is 0 Å². The third kappa shape index (κ3) is 6.54. The van der Waals surface area contributed by atoms with Gasteiger partial charge in [-0.2, -0.15) is 0 Å². The molecule has 23 heavy (non-hydrogen) atoms. The van der Waals surface area contributed by atoms with Gasteiger partial charge >= 0.3 is 6.09 Å². The number of rotatable bonds is 8. The van der Waals surface area contributed by atoms with Crippen molar-refractivity contribution in [2.75, 3.05) is 13.2 Å². The Kier molecular flexibility index (Phi) is 7.44. The van der Waals surface area contributed by atoms with E-state index >= 15 is 0 Å². The Morgan fingerprint density at radius 1 is 1.30 bits per heavy atom. The maximum Gasteiger partial charge on any atom is 0.407 e. The highest BCUT2D eigenvalue weighted by molar-refractivity contribution is 7.89. The number of halogens is 1. The van der Waals surface area contributed by atoms with Gasteiger partial charge in [0, 0.05) is 12.6 Å². The van der Waals surface area contributed by atoms with Gasteiger partial charge in [-0.1, -0.05) is 26.0 Å². The van der Waals surface area contributed by atoms with Crippen molar-refractivity contribution in [3.8, 4) is 0 Å². The Morgan fingerprint density at radius 2 is 1.96 bits per heavy atom. The van der Waals surface area contributed by atoms with E-state index in [1.165, 1.54) is 18.2 Å². The van der Waals surface area contributed by atoms with Gasteiger partial charge in [-0.25, -0.2) is 22.3 Å². The fourth-order valence-electron chi connectivity index (χ4n) is 2.05. The van der Waals surface area contributed by atoms with Crippen LogP contribution in [0.15, 0.2) is 29.2 Å². The van der Waals surface area contributed by atoms with E-state index in [-0.39, 0.29) is 19.1 Å². The van der Waals surface area contributed by atoms with Crippen molar-refractivity contribution < 1.29 is 22.3 Å². The zero-order chi connectivity index (χ0) is 17.5. The minimum absolute atomic E-state index is 0.0480. The van der Waals surface area contributed by atoms with E-state index < -0.39 is 32.9 Å². The van der Waals surface area contributed by atoms with Crippen LogP contribution in [0.2, 0.25) is 0 Å². The topological polar surface area (TPSA) is 84.5 Å². The smallest absolute Gasteiger partial charge is 0.407 e. The maximum absolute atomic E-state index is 13.6. The standard InChI is InChI=1S/C15H23FN2O4S/c1-4-22-15(19)18-12(9-11(2)3)10-17-23(20,21)14-8-6-5-7-13(14)16/h5-8,11-12,17H,4,9-10H2,1-3H3,(H,18,19)/t12-/m0/s1. The summed E-state index contributed by atoms with van der Waals surface area (Å²) in [6.45, 7) is 5.75. The largest absolute Gasteiger partial charge is 0.450 e. The van der Waals surface area contributed by atoms with Crippen LogP contribution >= 0.6 is 0 Å². The molecular weight excluding hydrogens is 323 g/mol. The number of nitrogens with one attached hydrogen (secondary N) is 2. The highest BCUT2D eigenvalue weighted by Gasteiger charge is 2.21. The molecule has 0 aliphatic rings.